The molecule has 166 valence electrons. The molecule has 32 heavy (non-hydrogen) atoms. The third-order valence-electron chi connectivity index (χ3n) is 4.40. The zero-order valence-corrected chi connectivity index (χ0v) is 21.1. The molecule has 0 radical (unpaired) electrons. The first kappa shape index (κ1) is 24.4. The Morgan fingerprint density at radius 1 is 0.938 bits per heavy atom. The van der Waals surface area contributed by atoms with Crippen molar-refractivity contribution >= 4 is 65.3 Å². The first-order valence-corrected chi connectivity index (χ1v) is 12.7. The van der Waals surface area contributed by atoms with Crippen LogP contribution in [-0.4, -0.2) is 20.2 Å². The second-order valence-corrected chi connectivity index (χ2v) is 10.6. The summed E-state index contributed by atoms with van der Waals surface area (Å²) in [5, 5.41) is 2.83. The number of rotatable bonds is 7. The van der Waals surface area contributed by atoms with Gasteiger partial charge in [0.05, 0.1) is 6.42 Å². The van der Waals surface area contributed by atoms with Gasteiger partial charge in [-0.25, -0.2) is 13.1 Å². The molecule has 0 aliphatic heterocycles. The van der Waals surface area contributed by atoms with Crippen molar-refractivity contribution in [2.24, 2.45) is 0 Å². The van der Waals surface area contributed by atoms with Crippen molar-refractivity contribution in [3.05, 3.63) is 97.9 Å². The van der Waals surface area contributed by atoms with E-state index >= 15 is 0 Å². The van der Waals surface area contributed by atoms with Crippen LogP contribution in [0.25, 0.3) is 0 Å². The number of benzene rings is 3. The Morgan fingerprint density at radius 3 is 2.25 bits per heavy atom. The van der Waals surface area contributed by atoms with Gasteiger partial charge in [-0.15, -0.1) is 0 Å². The van der Waals surface area contributed by atoms with Crippen LogP contribution >= 0.6 is 43.5 Å². The second kappa shape index (κ2) is 10.6. The summed E-state index contributed by atoms with van der Waals surface area (Å²) >= 11 is 12.4. The standard InChI is InChI=1S/C22H17Br2ClN2O4S/c23-16-8-6-14(7-9-16)12-20(28)26-21(15-4-2-1-3-5-15)22(29)27-32(30,31)19-13-17(25)10-11-18(19)24/h1-11,13,21H,12H2,(H,26,28)(H,27,29). The average molecular weight is 601 g/mol. The summed E-state index contributed by atoms with van der Waals surface area (Å²) in [6.45, 7) is 0. The molecule has 1 unspecified atom stereocenters. The third-order valence-corrected chi connectivity index (χ3v) is 7.50. The van der Waals surface area contributed by atoms with Gasteiger partial charge >= 0.3 is 0 Å². The van der Waals surface area contributed by atoms with Crippen molar-refractivity contribution in [2.75, 3.05) is 0 Å². The number of carbonyl (C=O) groups is 2. The van der Waals surface area contributed by atoms with Crippen LogP contribution in [0.1, 0.15) is 17.2 Å². The van der Waals surface area contributed by atoms with Crippen LogP contribution in [0.3, 0.4) is 0 Å². The molecule has 2 N–H and O–H groups in total. The Balaban J connectivity index is 1.83. The molecule has 3 rings (SSSR count). The third kappa shape index (κ3) is 6.41. The topological polar surface area (TPSA) is 92.3 Å². The summed E-state index contributed by atoms with van der Waals surface area (Å²) in [7, 11) is -4.25. The van der Waals surface area contributed by atoms with E-state index in [0.717, 1.165) is 10.0 Å². The monoisotopic (exact) mass is 598 g/mol. The van der Waals surface area contributed by atoms with Crippen molar-refractivity contribution in [3.8, 4) is 0 Å². The Bertz CT molecular complexity index is 1240. The number of hydrogen-bond acceptors (Lipinski definition) is 4. The van der Waals surface area contributed by atoms with E-state index in [1.807, 2.05) is 4.72 Å². The maximum absolute atomic E-state index is 13.0. The first-order valence-electron chi connectivity index (χ1n) is 9.26. The van der Waals surface area contributed by atoms with Crippen LogP contribution in [0.4, 0.5) is 0 Å². The molecule has 0 spiro atoms. The minimum atomic E-state index is -4.25. The van der Waals surface area contributed by atoms with Gasteiger partial charge in [-0.2, -0.15) is 0 Å². The van der Waals surface area contributed by atoms with Gasteiger partial charge in [0, 0.05) is 14.0 Å². The van der Waals surface area contributed by atoms with Crippen LogP contribution in [0, 0.1) is 0 Å². The molecule has 2 amide bonds. The van der Waals surface area contributed by atoms with Gasteiger partial charge in [0.15, 0.2) is 0 Å². The van der Waals surface area contributed by atoms with Crippen LogP contribution in [-0.2, 0) is 26.0 Å². The maximum atomic E-state index is 13.0. The van der Waals surface area contributed by atoms with E-state index in [2.05, 4.69) is 37.2 Å². The SMILES string of the molecule is O=C(Cc1ccc(Br)cc1)NC(C(=O)NS(=O)(=O)c1cc(Cl)ccc1Br)c1ccccc1. The fourth-order valence-electron chi connectivity index (χ4n) is 2.87. The van der Waals surface area contributed by atoms with Crippen LogP contribution in [0.15, 0.2) is 86.6 Å². The molecule has 0 saturated carbocycles. The quantitative estimate of drug-likeness (QED) is 0.409. The minimum Gasteiger partial charge on any atom is -0.340 e. The molecule has 0 bridgehead atoms. The molecule has 0 fully saturated rings. The predicted octanol–water partition coefficient (Wildman–Crippen LogP) is 4.77. The van der Waals surface area contributed by atoms with Crippen molar-refractivity contribution in [3.63, 3.8) is 0 Å². The van der Waals surface area contributed by atoms with E-state index in [1.165, 1.54) is 18.2 Å². The Labute approximate surface area is 207 Å². The highest BCUT2D eigenvalue weighted by molar-refractivity contribution is 9.10. The molecule has 0 aliphatic carbocycles. The van der Waals surface area contributed by atoms with E-state index in [0.29, 0.717) is 5.56 Å². The van der Waals surface area contributed by atoms with Crippen molar-refractivity contribution in [1.29, 1.82) is 0 Å². The van der Waals surface area contributed by atoms with Crippen molar-refractivity contribution < 1.29 is 18.0 Å². The largest absolute Gasteiger partial charge is 0.340 e. The van der Waals surface area contributed by atoms with Crippen molar-refractivity contribution in [2.45, 2.75) is 17.4 Å². The number of nitrogens with one attached hydrogen (secondary N) is 2. The summed E-state index contributed by atoms with van der Waals surface area (Å²) < 4.78 is 28.8. The second-order valence-electron chi connectivity index (χ2n) is 6.76. The zero-order valence-electron chi connectivity index (χ0n) is 16.4. The summed E-state index contributed by atoms with van der Waals surface area (Å²) in [6, 6.07) is 18.6. The summed E-state index contributed by atoms with van der Waals surface area (Å²) in [6.07, 6.45) is 0.0243. The summed E-state index contributed by atoms with van der Waals surface area (Å²) in [5.74, 6) is -1.33. The molecular weight excluding hydrogens is 584 g/mol. The highest BCUT2D eigenvalue weighted by Crippen LogP contribution is 2.26. The number of halogens is 3. The van der Waals surface area contributed by atoms with Gasteiger partial charge in [0.1, 0.15) is 10.9 Å². The molecule has 0 saturated heterocycles. The van der Waals surface area contributed by atoms with Gasteiger partial charge in [0.2, 0.25) is 5.91 Å². The van der Waals surface area contributed by atoms with Gasteiger partial charge in [-0.1, -0.05) is 70.0 Å². The van der Waals surface area contributed by atoms with Crippen molar-refractivity contribution in [1.82, 2.24) is 10.0 Å². The van der Waals surface area contributed by atoms with Crippen LogP contribution in [0.2, 0.25) is 5.02 Å². The smallest absolute Gasteiger partial charge is 0.265 e. The lowest BCUT2D eigenvalue weighted by molar-refractivity contribution is -0.127. The Morgan fingerprint density at radius 2 is 1.59 bits per heavy atom. The molecular formula is C22H17Br2ClN2O4S. The number of sulfonamides is 1. The minimum absolute atomic E-state index is 0.0243. The van der Waals surface area contributed by atoms with E-state index < -0.39 is 27.9 Å². The predicted molar refractivity (Wildman–Crippen MR) is 130 cm³/mol. The van der Waals surface area contributed by atoms with Crippen LogP contribution in [0.5, 0.6) is 0 Å². The lowest BCUT2D eigenvalue weighted by Crippen LogP contribution is -2.43. The number of carbonyl (C=O) groups excluding carboxylic acids is 2. The molecule has 1 atom stereocenters. The molecule has 10 heteroatoms. The lowest BCUT2D eigenvalue weighted by Gasteiger charge is -2.19. The van der Waals surface area contributed by atoms with Gasteiger partial charge in [0.25, 0.3) is 15.9 Å². The highest BCUT2D eigenvalue weighted by Gasteiger charge is 2.28. The van der Waals surface area contributed by atoms with E-state index in [-0.39, 0.29) is 20.8 Å². The summed E-state index contributed by atoms with van der Waals surface area (Å²) in [4.78, 5) is 25.5. The molecule has 0 aliphatic rings. The van der Waals surface area contributed by atoms with Gasteiger partial charge < -0.3 is 5.32 Å². The van der Waals surface area contributed by atoms with E-state index in [4.69, 9.17) is 11.6 Å². The molecule has 6 nitrogen and oxygen atoms in total. The average Bonchev–Trinajstić information content (AvgIpc) is 2.75. The van der Waals surface area contributed by atoms with E-state index in [1.54, 1.807) is 54.6 Å². The highest BCUT2D eigenvalue weighted by atomic mass is 79.9. The normalized spacial score (nSPS) is 12.1. The lowest BCUT2D eigenvalue weighted by atomic mass is 10.1. The molecule has 0 aromatic heterocycles. The molecule has 3 aromatic carbocycles. The maximum Gasteiger partial charge on any atom is 0.265 e. The number of hydrogen-bond donors (Lipinski definition) is 2. The zero-order chi connectivity index (χ0) is 23.3. The van der Waals surface area contributed by atoms with Crippen LogP contribution < -0.4 is 10.0 Å². The Kier molecular flexibility index (Phi) is 8.10. The molecule has 0 heterocycles. The Hall–Kier alpha value is -2.20. The molecule has 3 aromatic rings. The first-order chi connectivity index (χ1) is 15.2. The fraction of sp³-hybridized carbons (Fsp3) is 0.0909. The van der Waals surface area contributed by atoms with Gasteiger partial charge in [-0.05, 0) is 57.4 Å². The fourth-order valence-corrected chi connectivity index (χ4v) is 5.36. The van der Waals surface area contributed by atoms with E-state index in [9.17, 15) is 18.0 Å². The number of amides is 2. The van der Waals surface area contributed by atoms with Gasteiger partial charge in [-0.3, -0.25) is 9.59 Å². The summed E-state index contributed by atoms with van der Waals surface area (Å²) in [5.41, 5.74) is 1.18.